The van der Waals surface area contributed by atoms with Crippen LogP contribution in [0.4, 0.5) is 0 Å². The largest absolute Gasteiger partial charge is 1.00 e. The van der Waals surface area contributed by atoms with Crippen LogP contribution in [0, 0.1) is 0 Å². The van der Waals surface area contributed by atoms with E-state index in [1.807, 2.05) is 0 Å². The summed E-state index contributed by atoms with van der Waals surface area (Å²) in [6.45, 7) is 2.84. The molecule has 0 N–H and O–H groups in total. The average Bonchev–Trinajstić information content (AvgIpc) is 2.57. The first-order valence-electron chi connectivity index (χ1n) is 9.95. The van der Waals surface area contributed by atoms with Gasteiger partial charge in [-0.15, -0.1) is 9.05 Å². The third-order valence-electron chi connectivity index (χ3n) is 4.34. The Kier molecular flexibility index (Phi) is 20.1. The highest BCUT2D eigenvalue weighted by molar-refractivity contribution is 7.33. The Morgan fingerprint density at radius 2 is 1.00 bits per heavy atom. The number of unbranched alkanes of at least 4 members (excludes halogenated alkanes) is 15. The smallest absolute Gasteiger partial charge is 0.122 e. The van der Waals surface area contributed by atoms with Gasteiger partial charge in [-0.05, 0) is 6.42 Å². The number of rotatable bonds is 19. The Labute approximate surface area is 147 Å². The molecule has 4 heteroatoms. The Morgan fingerprint density at radius 1 is 0.652 bits per heavy atom. The number of hydrogen-bond acceptors (Lipinski definition) is 3. The van der Waals surface area contributed by atoms with Gasteiger partial charge in [0.25, 0.3) is 0 Å². The summed E-state index contributed by atoms with van der Waals surface area (Å²) in [5.74, 6) is 0. The number of hydrogen-bond donors (Lipinski definition) is 0. The zero-order chi connectivity index (χ0) is 17.0. The van der Waals surface area contributed by atoms with Crippen molar-refractivity contribution in [2.75, 3.05) is 13.7 Å². The molecule has 138 valence electrons. The van der Waals surface area contributed by atoms with Crippen LogP contribution in [-0.4, -0.2) is 13.7 Å². The minimum absolute atomic E-state index is 0. The van der Waals surface area contributed by atoms with Gasteiger partial charge in [0.2, 0.25) is 0 Å². The van der Waals surface area contributed by atoms with Crippen molar-refractivity contribution in [2.45, 2.75) is 110 Å². The SMILES string of the molecule is CCCCCCCCCCCCCCCCCCO[P+](=O)OC.[H+]. The summed E-state index contributed by atoms with van der Waals surface area (Å²) in [7, 11) is -0.463. The summed E-state index contributed by atoms with van der Waals surface area (Å²) in [6, 6.07) is 0. The van der Waals surface area contributed by atoms with Gasteiger partial charge in [-0.2, -0.15) is 0 Å². The first-order valence-corrected chi connectivity index (χ1v) is 11.0. The minimum Gasteiger partial charge on any atom is -0.122 e. The lowest BCUT2D eigenvalue weighted by Gasteiger charge is -2.03. The molecule has 0 aliphatic heterocycles. The lowest BCUT2D eigenvalue weighted by molar-refractivity contribution is 0.250. The highest BCUT2D eigenvalue weighted by Gasteiger charge is 2.15. The van der Waals surface area contributed by atoms with Crippen LogP contribution in [-0.2, 0) is 13.6 Å². The third kappa shape index (κ3) is 20.0. The van der Waals surface area contributed by atoms with E-state index in [1.54, 1.807) is 0 Å². The van der Waals surface area contributed by atoms with Gasteiger partial charge in [0.05, 0.1) is 7.11 Å². The van der Waals surface area contributed by atoms with Crippen molar-refractivity contribution < 1.29 is 15.0 Å². The van der Waals surface area contributed by atoms with E-state index in [9.17, 15) is 4.57 Å². The van der Waals surface area contributed by atoms with E-state index in [0.29, 0.717) is 6.61 Å². The van der Waals surface area contributed by atoms with Gasteiger partial charge in [-0.3, -0.25) is 0 Å². The van der Waals surface area contributed by atoms with Gasteiger partial charge in [0.1, 0.15) is 6.61 Å². The van der Waals surface area contributed by atoms with Crippen molar-refractivity contribution in [3.63, 3.8) is 0 Å². The fourth-order valence-corrected chi connectivity index (χ4v) is 3.23. The van der Waals surface area contributed by atoms with Crippen LogP contribution in [0.3, 0.4) is 0 Å². The van der Waals surface area contributed by atoms with Crippen molar-refractivity contribution in [1.82, 2.24) is 0 Å². The molecule has 0 aromatic carbocycles. The molecule has 0 rings (SSSR count). The van der Waals surface area contributed by atoms with Crippen LogP contribution in [0.1, 0.15) is 111 Å². The second-order valence-electron chi connectivity index (χ2n) is 6.54. The summed E-state index contributed by atoms with van der Waals surface area (Å²) < 4.78 is 20.4. The second-order valence-corrected chi connectivity index (χ2v) is 7.61. The van der Waals surface area contributed by atoms with Gasteiger partial charge < -0.3 is 0 Å². The third-order valence-corrected chi connectivity index (χ3v) is 5.04. The minimum atomic E-state index is -1.87. The maximum absolute atomic E-state index is 10.9. The van der Waals surface area contributed by atoms with Gasteiger partial charge in [0, 0.05) is 4.57 Å². The predicted octanol–water partition coefficient (Wildman–Crippen LogP) is 7.68. The molecule has 0 radical (unpaired) electrons. The highest BCUT2D eigenvalue weighted by atomic mass is 31.1. The molecule has 0 saturated heterocycles. The summed E-state index contributed by atoms with van der Waals surface area (Å²) in [6.07, 6.45) is 21.8. The summed E-state index contributed by atoms with van der Waals surface area (Å²) in [5, 5.41) is 0. The van der Waals surface area contributed by atoms with Crippen LogP contribution in [0.2, 0.25) is 0 Å². The molecule has 0 bridgehead atoms. The van der Waals surface area contributed by atoms with E-state index >= 15 is 0 Å². The predicted molar refractivity (Wildman–Crippen MR) is 101 cm³/mol. The first kappa shape index (κ1) is 23.0. The van der Waals surface area contributed by atoms with E-state index in [-0.39, 0.29) is 1.43 Å². The van der Waals surface area contributed by atoms with E-state index in [2.05, 4.69) is 11.4 Å². The lowest BCUT2D eigenvalue weighted by atomic mass is 10.0. The Bertz CT molecular complexity index is 253. The van der Waals surface area contributed by atoms with E-state index < -0.39 is 8.25 Å². The molecule has 0 saturated carbocycles. The molecule has 0 aromatic heterocycles. The molecule has 1 atom stereocenters. The molecule has 0 aliphatic carbocycles. The van der Waals surface area contributed by atoms with E-state index in [0.717, 1.165) is 6.42 Å². The zero-order valence-corrected chi connectivity index (χ0v) is 16.6. The summed E-state index contributed by atoms with van der Waals surface area (Å²) >= 11 is 0. The zero-order valence-electron chi connectivity index (χ0n) is 16.7. The Morgan fingerprint density at radius 3 is 1.35 bits per heavy atom. The van der Waals surface area contributed by atoms with Gasteiger partial charge in [-0.1, -0.05) is 103 Å². The Hall–Kier alpha value is 0.0200. The molecule has 0 spiro atoms. The van der Waals surface area contributed by atoms with Gasteiger partial charge in [0.15, 0.2) is 0 Å². The van der Waals surface area contributed by atoms with Gasteiger partial charge >= 0.3 is 9.68 Å². The van der Waals surface area contributed by atoms with Crippen LogP contribution in [0.25, 0.3) is 0 Å². The molecule has 0 amide bonds. The van der Waals surface area contributed by atoms with Crippen LogP contribution in [0.15, 0.2) is 0 Å². The quantitative estimate of drug-likeness (QED) is 0.177. The van der Waals surface area contributed by atoms with Crippen LogP contribution in [0.5, 0.6) is 0 Å². The normalized spacial score (nSPS) is 11.8. The molecular formula is C19H41O3P+2. The summed E-state index contributed by atoms with van der Waals surface area (Å²) in [5.41, 5.74) is 0. The topological polar surface area (TPSA) is 35.5 Å². The molecule has 1 unspecified atom stereocenters. The molecule has 0 aliphatic rings. The van der Waals surface area contributed by atoms with E-state index in [4.69, 9.17) is 4.52 Å². The van der Waals surface area contributed by atoms with Crippen molar-refractivity contribution in [1.29, 1.82) is 0 Å². The lowest BCUT2D eigenvalue weighted by Crippen LogP contribution is -1.88. The fraction of sp³-hybridized carbons (Fsp3) is 1.00. The van der Waals surface area contributed by atoms with Crippen LogP contribution >= 0.6 is 8.25 Å². The van der Waals surface area contributed by atoms with Gasteiger partial charge in [-0.25, -0.2) is 0 Å². The van der Waals surface area contributed by atoms with Crippen molar-refractivity contribution >= 4 is 8.25 Å². The van der Waals surface area contributed by atoms with E-state index in [1.165, 1.54) is 103 Å². The molecule has 0 aromatic rings. The highest BCUT2D eigenvalue weighted by Crippen LogP contribution is 2.22. The molecule has 0 heterocycles. The maximum atomic E-state index is 10.9. The molecule has 23 heavy (non-hydrogen) atoms. The monoisotopic (exact) mass is 348 g/mol. The van der Waals surface area contributed by atoms with Crippen LogP contribution < -0.4 is 0 Å². The Balaban J connectivity index is 0. The standard InChI is InChI=1S/C19H40O3P/c1-3-4-5-6-7-8-9-10-11-12-13-14-15-16-17-18-19-22-23(20)21-2/h3-19H2,1-2H3/q+1/p+1. The molecular weight excluding hydrogens is 307 g/mol. The van der Waals surface area contributed by atoms with Crippen molar-refractivity contribution in [2.24, 2.45) is 0 Å². The maximum Gasteiger partial charge on any atom is 1.00 e. The second kappa shape index (κ2) is 20.1. The average molecular weight is 349 g/mol. The summed E-state index contributed by atoms with van der Waals surface area (Å²) in [4.78, 5) is 0. The molecule has 3 nitrogen and oxygen atoms in total. The van der Waals surface area contributed by atoms with Crippen molar-refractivity contribution in [3.8, 4) is 0 Å². The van der Waals surface area contributed by atoms with Crippen molar-refractivity contribution in [3.05, 3.63) is 0 Å². The first-order chi connectivity index (χ1) is 11.3. The molecule has 0 fully saturated rings. The fourth-order valence-electron chi connectivity index (χ4n) is 2.84.